The number of aromatic hydroxyl groups is 2. The fraction of sp³-hybridized carbons (Fsp3) is 0.405. The minimum Gasteiger partial charge on any atom is -0.511 e. The third-order valence-corrected chi connectivity index (χ3v) is 9.40. The highest BCUT2D eigenvalue weighted by molar-refractivity contribution is 6.04. The molecule has 19 nitrogen and oxygen atoms in total. The number of phenols is 2. The summed E-state index contributed by atoms with van der Waals surface area (Å²) in [5.74, 6) is -5.23. The first-order chi connectivity index (χ1) is 26.7. The smallest absolute Gasteiger partial charge is 0.330 e. The summed E-state index contributed by atoms with van der Waals surface area (Å²) in [6.45, 7) is -1.56. The first-order valence-corrected chi connectivity index (χ1v) is 17.1. The van der Waals surface area contributed by atoms with Crippen LogP contribution in [0.3, 0.4) is 0 Å². The van der Waals surface area contributed by atoms with E-state index in [0.29, 0.717) is 5.56 Å². The van der Waals surface area contributed by atoms with Crippen molar-refractivity contribution >= 4 is 23.6 Å². The van der Waals surface area contributed by atoms with Crippen LogP contribution >= 0.6 is 0 Å². The molecule has 3 aliphatic heterocycles. The third kappa shape index (κ3) is 8.31. The number of Topliss-reactive ketones (excluding diaryl/α,β-unsaturated/α-hetero) is 1. The predicted molar refractivity (Wildman–Crippen MR) is 185 cm³/mol. The van der Waals surface area contributed by atoms with Gasteiger partial charge >= 0.3 is 5.97 Å². The lowest BCUT2D eigenvalue weighted by Crippen LogP contribution is -2.64. The predicted octanol–water partition coefficient (Wildman–Crippen LogP) is -0.838. The molecular weight excluding hydrogens is 748 g/mol. The van der Waals surface area contributed by atoms with E-state index in [1.165, 1.54) is 61.7 Å². The summed E-state index contributed by atoms with van der Waals surface area (Å²) in [7, 11) is 1.35. The van der Waals surface area contributed by atoms with Crippen LogP contribution in [-0.2, 0) is 38.0 Å². The van der Waals surface area contributed by atoms with E-state index in [1.807, 2.05) is 0 Å². The van der Waals surface area contributed by atoms with E-state index in [4.69, 9.17) is 33.2 Å². The molecule has 10 N–H and O–H groups in total. The first kappa shape index (κ1) is 40.4. The Labute approximate surface area is 317 Å². The van der Waals surface area contributed by atoms with Crippen LogP contribution < -0.4 is 4.74 Å². The van der Waals surface area contributed by atoms with Crippen molar-refractivity contribution in [2.45, 2.75) is 67.5 Å². The van der Waals surface area contributed by atoms with Crippen molar-refractivity contribution in [1.82, 2.24) is 0 Å². The number of carbonyl (C=O) groups is 2. The molecule has 56 heavy (non-hydrogen) atoms. The van der Waals surface area contributed by atoms with Crippen LogP contribution in [0.25, 0.3) is 11.8 Å². The Morgan fingerprint density at radius 3 is 2.25 bits per heavy atom. The molecule has 4 aliphatic rings. The zero-order valence-corrected chi connectivity index (χ0v) is 29.3. The third-order valence-electron chi connectivity index (χ3n) is 9.40. The summed E-state index contributed by atoms with van der Waals surface area (Å²) in [4.78, 5) is 26.5. The Hall–Kier alpha value is -5.22. The number of allylic oxidation sites excluding steroid dienone is 2. The molecule has 0 amide bonds. The van der Waals surface area contributed by atoms with Gasteiger partial charge in [-0.3, -0.25) is 4.79 Å². The van der Waals surface area contributed by atoms with Crippen molar-refractivity contribution in [2.75, 3.05) is 20.3 Å². The van der Waals surface area contributed by atoms with Crippen LogP contribution in [0.2, 0.25) is 0 Å². The van der Waals surface area contributed by atoms with E-state index in [9.17, 15) is 60.7 Å². The van der Waals surface area contributed by atoms with Gasteiger partial charge in [0.1, 0.15) is 78.6 Å². The SMILES string of the molecule is COc1cc(/C=C/C(=O)OCC2O[C@H](O[C@@H]3C(O)[C@H](O)C(CO)O[C@@H]3OC3=C(c4ccc(O)cc4)OC4C=C(O)C=C(O)C4C3=O)[C@H](O)C(O)[C@H]2O)ccc1O. The summed E-state index contributed by atoms with van der Waals surface area (Å²) in [6, 6.07) is 9.56. The number of aliphatic hydroxyl groups is 8. The van der Waals surface area contributed by atoms with Gasteiger partial charge in [-0.25, -0.2) is 4.79 Å². The number of esters is 1. The van der Waals surface area contributed by atoms with Crippen molar-refractivity contribution in [3.05, 3.63) is 89.1 Å². The molecular formula is C37H40O19. The number of methoxy groups -OCH3 is 1. The van der Waals surface area contributed by atoms with Gasteiger partial charge in [-0.1, -0.05) is 6.07 Å². The molecule has 2 aromatic carbocycles. The quantitative estimate of drug-likeness (QED) is 0.0981. The number of hydrogen-bond donors (Lipinski definition) is 10. The van der Waals surface area contributed by atoms with Crippen LogP contribution in [0, 0.1) is 5.92 Å². The number of hydrogen-bond acceptors (Lipinski definition) is 19. The van der Waals surface area contributed by atoms with Gasteiger partial charge in [-0.2, -0.15) is 0 Å². The molecule has 6 unspecified atom stereocenters. The van der Waals surface area contributed by atoms with Crippen molar-refractivity contribution < 1.29 is 93.8 Å². The summed E-state index contributed by atoms with van der Waals surface area (Å²) >= 11 is 0. The van der Waals surface area contributed by atoms with Gasteiger partial charge < -0.3 is 84.2 Å². The van der Waals surface area contributed by atoms with Gasteiger partial charge in [-0.05, 0) is 54.1 Å². The van der Waals surface area contributed by atoms with Crippen LogP contribution in [0.15, 0.2) is 78.0 Å². The van der Waals surface area contributed by atoms with Gasteiger partial charge in [0.2, 0.25) is 17.8 Å². The van der Waals surface area contributed by atoms with Crippen molar-refractivity contribution in [2.24, 2.45) is 5.92 Å². The fourth-order valence-electron chi connectivity index (χ4n) is 6.38. The monoisotopic (exact) mass is 788 g/mol. The summed E-state index contributed by atoms with van der Waals surface area (Å²) in [5, 5.41) is 105. The molecule has 0 aromatic heterocycles. The first-order valence-electron chi connectivity index (χ1n) is 17.1. The van der Waals surface area contributed by atoms with Gasteiger partial charge in [0.25, 0.3) is 0 Å². The number of benzene rings is 2. The Balaban J connectivity index is 1.24. The average Bonchev–Trinajstić information content (AvgIpc) is 3.17. The molecule has 0 radical (unpaired) electrons. The molecule has 6 rings (SSSR count). The summed E-state index contributed by atoms with van der Waals surface area (Å²) < 4.78 is 39.4. The van der Waals surface area contributed by atoms with Crippen molar-refractivity contribution in [3.63, 3.8) is 0 Å². The number of rotatable bonds is 11. The van der Waals surface area contributed by atoms with E-state index in [-0.39, 0.29) is 28.6 Å². The molecule has 12 atom stereocenters. The van der Waals surface area contributed by atoms with Crippen molar-refractivity contribution in [1.29, 1.82) is 0 Å². The van der Waals surface area contributed by atoms with Crippen LogP contribution in [-0.4, -0.2) is 151 Å². The molecule has 19 heteroatoms. The minimum absolute atomic E-state index is 0.122. The van der Waals surface area contributed by atoms with E-state index < -0.39 is 116 Å². The molecule has 302 valence electrons. The fourth-order valence-corrected chi connectivity index (χ4v) is 6.38. The lowest BCUT2D eigenvalue weighted by atomic mass is 9.86. The maximum atomic E-state index is 14.0. The van der Waals surface area contributed by atoms with Crippen LogP contribution in [0.1, 0.15) is 11.1 Å². The molecule has 1 aliphatic carbocycles. The lowest BCUT2D eigenvalue weighted by molar-refractivity contribution is -0.363. The highest BCUT2D eigenvalue weighted by Gasteiger charge is 2.53. The minimum atomic E-state index is -2.03. The Bertz CT molecular complexity index is 1890. The van der Waals surface area contributed by atoms with Gasteiger partial charge in [0.15, 0.2) is 29.7 Å². The zero-order valence-electron chi connectivity index (χ0n) is 29.3. The van der Waals surface area contributed by atoms with E-state index >= 15 is 0 Å². The Morgan fingerprint density at radius 2 is 1.55 bits per heavy atom. The standard InChI is InChI=1S/C37H40O19/c1-50-21-10-15(2-8-19(21)41)3-9-25(43)51-14-24-28(45)30(47)32(49)36(54-24)56-35-31(48)27(44)23(13-38)53-37(35)55-34-29(46)26-20(42)11-18(40)12-22(26)52-33(34)16-4-6-17(39)7-5-16/h2-12,22-24,26-28,30-32,35-42,44-45,47-49H,13-14H2,1H3/b9-3+/t22?,23?,24?,26?,27-,28+,30?,31?,32-,35-,36-,37-/m1/s1. The Morgan fingerprint density at radius 1 is 0.857 bits per heavy atom. The van der Waals surface area contributed by atoms with E-state index in [0.717, 1.165) is 12.2 Å². The van der Waals surface area contributed by atoms with Gasteiger partial charge in [0.05, 0.1) is 13.7 Å². The Kier molecular flexibility index (Phi) is 12.2. The molecule has 2 saturated heterocycles. The molecule has 3 heterocycles. The molecule has 0 bridgehead atoms. The highest BCUT2D eigenvalue weighted by Crippen LogP contribution is 2.41. The number of ketones is 1. The number of fused-ring (bicyclic) bond motifs is 1. The number of aliphatic hydroxyl groups excluding tert-OH is 8. The maximum Gasteiger partial charge on any atom is 0.330 e. The lowest BCUT2D eigenvalue weighted by Gasteiger charge is -2.46. The van der Waals surface area contributed by atoms with E-state index in [2.05, 4.69) is 0 Å². The normalized spacial score (nSPS) is 33.2. The maximum absolute atomic E-state index is 14.0. The summed E-state index contributed by atoms with van der Waals surface area (Å²) in [6.07, 6.45) is -15.3. The van der Waals surface area contributed by atoms with Gasteiger partial charge in [-0.15, -0.1) is 0 Å². The van der Waals surface area contributed by atoms with E-state index in [1.54, 1.807) is 0 Å². The second-order valence-electron chi connectivity index (χ2n) is 13.1. The molecule has 2 fully saturated rings. The van der Waals surface area contributed by atoms with Crippen LogP contribution in [0.4, 0.5) is 0 Å². The molecule has 2 aromatic rings. The number of phenolic OH excluding ortho intramolecular Hbond substituents is 2. The summed E-state index contributed by atoms with van der Waals surface area (Å²) in [5.41, 5.74) is 0.626. The van der Waals surface area contributed by atoms with Crippen molar-refractivity contribution in [3.8, 4) is 17.2 Å². The number of carbonyl (C=O) groups excluding carboxylic acids is 2. The highest BCUT2D eigenvalue weighted by atomic mass is 16.8. The molecule has 0 spiro atoms. The number of ether oxygens (including phenoxy) is 7. The van der Waals surface area contributed by atoms with Gasteiger partial charge in [0, 0.05) is 17.7 Å². The van der Waals surface area contributed by atoms with Crippen LogP contribution in [0.5, 0.6) is 17.2 Å². The second-order valence-corrected chi connectivity index (χ2v) is 13.1. The second kappa shape index (κ2) is 16.9. The topological polar surface area (TPSA) is 301 Å². The zero-order chi connectivity index (χ0) is 40.4. The molecule has 0 saturated carbocycles. The largest absolute Gasteiger partial charge is 0.511 e. The average molecular weight is 789 g/mol.